The molecule has 6 heteroatoms. The van der Waals surface area contributed by atoms with Crippen molar-refractivity contribution in [1.29, 1.82) is 0 Å². The number of carbonyl (C=O) groups excluding carboxylic acids is 1. The van der Waals surface area contributed by atoms with Gasteiger partial charge in [0.2, 0.25) is 0 Å². The van der Waals surface area contributed by atoms with Crippen molar-refractivity contribution in [2.75, 3.05) is 0 Å². The zero-order chi connectivity index (χ0) is 11.6. The van der Waals surface area contributed by atoms with Crippen LogP contribution in [0.3, 0.4) is 0 Å². The second-order valence-corrected chi connectivity index (χ2v) is 3.48. The number of ether oxygens (including phenoxy) is 1. The maximum atomic E-state index is 10.7. The fourth-order valence-electron chi connectivity index (χ4n) is 0.926. The number of carboxylic acid groups (broad SMARTS) is 1. The summed E-state index contributed by atoms with van der Waals surface area (Å²) >= 11 is 11.3. The third-order valence-corrected chi connectivity index (χ3v) is 2.11. The topological polar surface area (TPSA) is 63.6 Å². The molecule has 0 spiro atoms. The molecule has 1 N–H and O–H groups in total. The second-order valence-electron chi connectivity index (χ2n) is 2.66. The fraction of sp³-hybridized carbons (Fsp3) is 0.111. The summed E-state index contributed by atoms with van der Waals surface area (Å²) in [5.41, 5.74) is -0.141. The van der Waals surface area contributed by atoms with E-state index in [1.165, 1.54) is 13.0 Å². The molecule has 0 atom stereocenters. The summed E-state index contributed by atoms with van der Waals surface area (Å²) in [4.78, 5) is 21.3. The molecule has 0 bridgehead atoms. The normalized spacial score (nSPS) is 9.80. The predicted octanol–water partition coefficient (Wildman–Crippen LogP) is 2.62. The summed E-state index contributed by atoms with van der Waals surface area (Å²) in [5, 5.41) is 8.69. The van der Waals surface area contributed by atoms with Crippen LogP contribution in [-0.4, -0.2) is 17.0 Å². The minimum Gasteiger partial charge on any atom is -0.478 e. The third-order valence-electron chi connectivity index (χ3n) is 1.51. The number of hydrogen-bond donors (Lipinski definition) is 1. The van der Waals surface area contributed by atoms with E-state index in [0.717, 1.165) is 6.07 Å². The average Bonchev–Trinajstić information content (AvgIpc) is 2.09. The largest absolute Gasteiger partial charge is 0.478 e. The number of benzene rings is 1. The minimum absolute atomic E-state index is 0.0204. The van der Waals surface area contributed by atoms with Crippen LogP contribution in [0.4, 0.5) is 0 Å². The van der Waals surface area contributed by atoms with Crippen molar-refractivity contribution in [3.63, 3.8) is 0 Å². The van der Waals surface area contributed by atoms with Gasteiger partial charge in [-0.3, -0.25) is 4.79 Å². The van der Waals surface area contributed by atoms with E-state index in [2.05, 4.69) is 0 Å². The van der Waals surface area contributed by atoms with Gasteiger partial charge in [0.15, 0.2) is 5.75 Å². The first-order valence-electron chi connectivity index (χ1n) is 3.82. The molecule has 0 unspecified atom stereocenters. The van der Waals surface area contributed by atoms with Crippen molar-refractivity contribution in [2.45, 2.75) is 6.92 Å². The molecule has 0 aliphatic heterocycles. The molecule has 0 aliphatic rings. The predicted molar refractivity (Wildman–Crippen MR) is 54.7 cm³/mol. The lowest BCUT2D eigenvalue weighted by Gasteiger charge is -2.06. The van der Waals surface area contributed by atoms with Gasteiger partial charge in [-0.1, -0.05) is 23.2 Å². The Morgan fingerprint density at radius 3 is 2.33 bits per heavy atom. The molecule has 0 radical (unpaired) electrons. The van der Waals surface area contributed by atoms with E-state index in [0.29, 0.717) is 0 Å². The Morgan fingerprint density at radius 1 is 1.27 bits per heavy atom. The monoisotopic (exact) mass is 248 g/mol. The lowest BCUT2D eigenvalue weighted by Crippen LogP contribution is -2.04. The SMILES string of the molecule is CC(=O)Oc1cc(Cl)c(C(=O)O)cc1Cl. The van der Waals surface area contributed by atoms with E-state index in [1.54, 1.807) is 0 Å². The van der Waals surface area contributed by atoms with Crippen molar-refractivity contribution in [3.05, 3.63) is 27.7 Å². The number of halogens is 2. The van der Waals surface area contributed by atoms with Crippen LogP contribution in [-0.2, 0) is 4.79 Å². The molecule has 4 nitrogen and oxygen atoms in total. The fourth-order valence-corrected chi connectivity index (χ4v) is 1.36. The maximum absolute atomic E-state index is 10.7. The number of aromatic carboxylic acids is 1. The van der Waals surface area contributed by atoms with Crippen LogP contribution in [0.1, 0.15) is 17.3 Å². The number of esters is 1. The molecular weight excluding hydrogens is 243 g/mol. The molecule has 80 valence electrons. The number of carbonyl (C=O) groups is 2. The highest BCUT2D eigenvalue weighted by Gasteiger charge is 2.14. The van der Waals surface area contributed by atoms with Crippen molar-refractivity contribution < 1.29 is 19.4 Å². The van der Waals surface area contributed by atoms with Crippen molar-refractivity contribution in [1.82, 2.24) is 0 Å². The Balaban J connectivity index is 3.19. The summed E-state index contributed by atoms with van der Waals surface area (Å²) in [6.45, 7) is 1.20. The van der Waals surface area contributed by atoms with Gasteiger partial charge in [0.05, 0.1) is 15.6 Å². The molecule has 0 saturated heterocycles. The van der Waals surface area contributed by atoms with Gasteiger partial charge in [-0.15, -0.1) is 0 Å². The first-order valence-corrected chi connectivity index (χ1v) is 4.58. The highest BCUT2D eigenvalue weighted by atomic mass is 35.5. The summed E-state index contributed by atoms with van der Waals surface area (Å²) in [5.74, 6) is -1.72. The Labute approximate surface area is 95.4 Å². The van der Waals surface area contributed by atoms with E-state index in [4.69, 9.17) is 33.0 Å². The first-order chi connectivity index (χ1) is 6.91. The molecule has 1 aromatic rings. The first kappa shape index (κ1) is 11.8. The maximum Gasteiger partial charge on any atom is 0.337 e. The van der Waals surface area contributed by atoms with Gasteiger partial charge in [-0.05, 0) is 6.07 Å². The van der Waals surface area contributed by atoms with Crippen LogP contribution in [0, 0.1) is 0 Å². The molecule has 0 saturated carbocycles. The van der Waals surface area contributed by atoms with Gasteiger partial charge in [0.1, 0.15) is 0 Å². The molecule has 15 heavy (non-hydrogen) atoms. The third kappa shape index (κ3) is 2.84. The Morgan fingerprint density at radius 2 is 1.87 bits per heavy atom. The van der Waals surface area contributed by atoms with E-state index in [-0.39, 0.29) is 21.4 Å². The summed E-state index contributed by atoms with van der Waals surface area (Å²) < 4.78 is 4.71. The molecule has 1 rings (SSSR count). The molecule has 0 aliphatic carbocycles. The lowest BCUT2D eigenvalue weighted by molar-refractivity contribution is -0.131. The van der Waals surface area contributed by atoms with E-state index in [9.17, 15) is 9.59 Å². The molecule has 0 aromatic heterocycles. The number of carboxylic acids is 1. The summed E-state index contributed by atoms with van der Waals surface area (Å²) in [7, 11) is 0. The Hall–Kier alpha value is -1.26. The summed E-state index contributed by atoms with van der Waals surface area (Å²) in [6.07, 6.45) is 0. The molecular formula is C9H6Cl2O4. The molecule has 1 aromatic carbocycles. The van der Waals surface area contributed by atoms with E-state index >= 15 is 0 Å². The van der Waals surface area contributed by atoms with Crippen molar-refractivity contribution in [3.8, 4) is 5.75 Å². The van der Waals surface area contributed by atoms with Gasteiger partial charge in [0, 0.05) is 13.0 Å². The van der Waals surface area contributed by atoms with Crippen LogP contribution < -0.4 is 4.74 Å². The zero-order valence-corrected chi connectivity index (χ0v) is 9.09. The van der Waals surface area contributed by atoms with Gasteiger partial charge in [-0.25, -0.2) is 4.79 Å². The molecule has 0 heterocycles. The van der Waals surface area contributed by atoms with Crippen LogP contribution >= 0.6 is 23.2 Å². The Kier molecular flexibility index (Phi) is 3.55. The lowest BCUT2D eigenvalue weighted by atomic mass is 10.2. The quantitative estimate of drug-likeness (QED) is 0.646. The van der Waals surface area contributed by atoms with Crippen molar-refractivity contribution in [2.24, 2.45) is 0 Å². The highest BCUT2D eigenvalue weighted by molar-refractivity contribution is 6.36. The second kappa shape index (κ2) is 4.51. The highest BCUT2D eigenvalue weighted by Crippen LogP contribution is 2.31. The number of hydrogen-bond acceptors (Lipinski definition) is 3. The molecule has 0 amide bonds. The van der Waals surface area contributed by atoms with Gasteiger partial charge < -0.3 is 9.84 Å². The van der Waals surface area contributed by atoms with Gasteiger partial charge in [0.25, 0.3) is 0 Å². The molecule has 0 fully saturated rings. The minimum atomic E-state index is -1.20. The van der Waals surface area contributed by atoms with Crippen LogP contribution in [0.15, 0.2) is 12.1 Å². The van der Waals surface area contributed by atoms with E-state index < -0.39 is 11.9 Å². The standard InChI is InChI=1S/C9H6Cl2O4/c1-4(12)15-8-3-6(10)5(9(13)14)2-7(8)11/h2-3H,1H3,(H,13,14). The Bertz CT molecular complexity index is 428. The average molecular weight is 249 g/mol. The summed E-state index contributed by atoms with van der Waals surface area (Å²) in [6, 6.07) is 2.32. The van der Waals surface area contributed by atoms with Crippen LogP contribution in [0.25, 0.3) is 0 Å². The van der Waals surface area contributed by atoms with E-state index in [1.807, 2.05) is 0 Å². The van der Waals surface area contributed by atoms with Gasteiger partial charge >= 0.3 is 11.9 Å². The zero-order valence-electron chi connectivity index (χ0n) is 7.58. The van der Waals surface area contributed by atoms with Crippen LogP contribution in [0.5, 0.6) is 5.75 Å². The van der Waals surface area contributed by atoms with Crippen LogP contribution in [0.2, 0.25) is 10.0 Å². The van der Waals surface area contributed by atoms with Crippen molar-refractivity contribution >= 4 is 35.1 Å². The number of rotatable bonds is 2. The smallest absolute Gasteiger partial charge is 0.337 e. The van der Waals surface area contributed by atoms with Gasteiger partial charge in [-0.2, -0.15) is 0 Å².